The molecule has 0 spiro atoms. The Bertz CT molecular complexity index is 224. The van der Waals surface area contributed by atoms with Crippen LogP contribution in [0.2, 0.25) is 6.04 Å². The average molecular weight is 272 g/mol. The van der Waals surface area contributed by atoms with Crippen LogP contribution in [0.15, 0.2) is 0 Å². The molecule has 0 heterocycles. The van der Waals surface area contributed by atoms with Crippen molar-refractivity contribution in [3.63, 3.8) is 0 Å². The fourth-order valence-corrected chi connectivity index (χ4v) is 3.38. The molecule has 0 amide bonds. The maximum absolute atomic E-state index is 11.4. The summed E-state index contributed by atoms with van der Waals surface area (Å²) in [4.78, 5) is 0. The highest BCUT2D eigenvalue weighted by Crippen LogP contribution is 2.42. The summed E-state index contributed by atoms with van der Waals surface area (Å²) in [6, 6.07) is 0.611. The van der Waals surface area contributed by atoms with Gasteiger partial charge < -0.3 is 22.3 Å². The average Bonchev–Trinajstić information content (AvgIpc) is 2.30. The molecule has 0 aliphatic heterocycles. The Hall–Kier alpha value is 0.247. The van der Waals surface area contributed by atoms with E-state index in [9.17, 15) is 4.57 Å². The van der Waals surface area contributed by atoms with E-state index in [1.165, 1.54) is 13.8 Å². The Morgan fingerprint density at radius 2 is 1.56 bits per heavy atom. The molecule has 16 heavy (non-hydrogen) atoms. The lowest BCUT2D eigenvalue weighted by atomic mass is 10.5. The van der Waals surface area contributed by atoms with Gasteiger partial charge in [0.05, 0.1) is 6.61 Å². The summed E-state index contributed by atoms with van der Waals surface area (Å²) in [6.07, 6.45) is 0.642. The van der Waals surface area contributed by atoms with E-state index in [1.807, 2.05) is 0 Å². The first kappa shape index (κ1) is 16.2. The van der Waals surface area contributed by atoms with Gasteiger partial charge in [-0.25, -0.2) is 0 Å². The van der Waals surface area contributed by atoms with Gasteiger partial charge in [0.15, 0.2) is 0 Å². The van der Waals surface area contributed by atoms with E-state index in [2.05, 4.69) is 0 Å². The van der Waals surface area contributed by atoms with Gasteiger partial charge in [-0.2, -0.15) is 0 Å². The van der Waals surface area contributed by atoms with Crippen LogP contribution in [-0.2, 0) is 26.9 Å². The third-order valence-corrected chi connectivity index (χ3v) is 6.36. The molecule has 1 atom stereocenters. The van der Waals surface area contributed by atoms with Crippen LogP contribution in [0.1, 0.15) is 6.42 Å². The van der Waals surface area contributed by atoms with Crippen molar-refractivity contribution in [3.05, 3.63) is 0 Å². The molecule has 0 bridgehead atoms. The predicted molar refractivity (Wildman–Crippen MR) is 62.7 cm³/mol. The minimum atomic E-state index is -2.89. The van der Waals surface area contributed by atoms with E-state index in [4.69, 9.17) is 22.3 Å². The topological polar surface area (TPSA) is 63.2 Å². The molecule has 0 fully saturated rings. The fraction of sp³-hybridized carbons (Fsp3) is 1.00. The van der Waals surface area contributed by atoms with Gasteiger partial charge in [-0.05, 0) is 6.42 Å². The maximum Gasteiger partial charge on any atom is 0.500 e. The van der Waals surface area contributed by atoms with Gasteiger partial charge in [-0.15, -0.1) is 0 Å². The number of rotatable bonds is 9. The van der Waals surface area contributed by atoms with E-state index in [-0.39, 0.29) is 0 Å². The normalized spacial score (nSPS) is 16.1. The molecule has 0 aromatic rings. The maximum atomic E-state index is 11.4. The van der Waals surface area contributed by atoms with Crippen LogP contribution in [0.4, 0.5) is 0 Å². The first-order valence-corrected chi connectivity index (χ1v) is 8.80. The first-order valence-electron chi connectivity index (χ1n) is 4.88. The lowest BCUT2D eigenvalue weighted by Gasteiger charge is -2.24. The molecule has 0 saturated heterocycles. The van der Waals surface area contributed by atoms with Gasteiger partial charge in [0.25, 0.3) is 0 Å². The van der Waals surface area contributed by atoms with Crippen LogP contribution in [0.5, 0.6) is 0 Å². The Kier molecular flexibility index (Phi) is 7.67. The Morgan fingerprint density at radius 3 is 1.94 bits per heavy atom. The molecular formula is C8H21O6PSi. The minimum absolute atomic E-state index is 0.326. The minimum Gasteiger partial charge on any atom is -0.377 e. The summed E-state index contributed by atoms with van der Waals surface area (Å²) in [5.74, 6) is 0. The van der Waals surface area contributed by atoms with Crippen molar-refractivity contribution in [3.8, 4) is 0 Å². The molecule has 0 aromatic carbocycles. The predicted octanol–water partition coefficient (Wildman–Crippen LogP) is 1.74. The largest absolute Gasteiger partial charge is 0.500 e. The molecule has 1 unspecified atom stereocenters. The van der Waals surface area contributed by atoms with Gasteiger partial charge in [0.2, 0.25) is 0 Å². The molecule has 8 heteroatoms. The van der Waals surface area contributed by atoms with Crippen molar-refractivity contribution in [1.29, 1.82) is 0 Å². The van der Waals surface area contributed by atoms with Gasteiger partial charge in [-0.3, -0.25) is 4.57 Å². The number of hydrogen-bond acceptors (Lipinski definition) is 6. The molecule has 0 radical (unpaired) electrons. The third-order valence-electron chi connectivity index (χ3n) is 2.22. The zero-order valence-electron chi connectivity index (χ0n) is 10.5. The highest BCUT2D eigenvalue weighted by Gasteiger charge is 2.37. The lowest BCUT2D eigenvalue weighted by molar-refractivity contribution is 0.120. The molecule has 98 valence electrons. The molecule has 0 aliphatic rings. The summed E-state index contributed by atoms with van der Waals surface area (Å²) in [5, 5.41) is 0. The van der Waals surface area contributed by atoms with Crippen molar-refractivity contribution in [2.75, 3.05) is 41.7 Å². The number of hydrogen-bond donors (Lipinski definition) is 0. The molecule has 6 nitrogen and oxygen atoms in total. The van der Waals surface area contributed by atoms with E-state index in [0.717, 1.165) is 0 Å². The second-order valence-corrected chi connectivity index (χ2v) is 8.44. The van der Waals surface area contributed by atoms with Crippen molar-refractivity contribution in [2.24, 2.45) is 0 Å². The van der Waals surface area contributed by atoms with Crippen LogP contribution in [0.3, 0.4) is 0 Å². The molecular weight excluding hydrogens is 251 g/mol. The summed E-state index contributed by atoms with van der Waals surface area (Å²) in [6.45, 7) is 1.76. The Balaban J connectivity index is 3.92. The third kappa shape index (κ3) is 5.54. The molecule has 0 aromatic heterocycles. The van der Waals surface area contributed by atoms with Gasteiger partial charge >= 0.3 is 16.4 Å². The summed E-state index contributed by atoms with van der Waals surface area (Å²) in [7, 11) is 0.605. The van der Waals surface area contributed by atoms with Crippen LogP contribution in [0, 0.1) is 0 Å². The van der Waals surface area contributed by atoms with Crippen molar-refractivity contribution in [1.82, 2.24) is 0 Å². The highest BCUT2D eigenvalue weighted by molar-refractivity contribution is 7.52. The van der Waals surface area contributed by atoms with Crippen molar-refractivity contribution >= 4 is 16.4 Å². The summed E-state index contributed by atoms with van der Waals surface area (Å²) < 4.78 is 36.9. The van der Waals surface area contributed by atoms with E-state index in [0.29, 0.717) is 19.1 Å². The standard InChI is InChI=1S/C8H21O6PSi/c1-10-15(5,9)14-7-6-8-16(11-2,12-3)13-4/h6-8H2,1-5H3. The van der Waals surface area contributed by atoms with Crippen molar-refractivity contribution < 1.29 is 26.9 Å². The zero-order chi connectivity index (χ0) is 12.7. The van der Waals surface area contributed by atoms with E-state index in [1.54, 1.807) is 21.3 Å². The van der Waals surface area contributed by atoms with Gasteiger partial charge in [-0.1, -0.05) is 0 Å². The SMILES string of the molecule is CO[Si](CCCOP(C)(=O)OC)(OC)OC. The Morgan fingerprint density at radius 1 is 1.06 bits per heavy atom. The second kappa shape index (κ2) is 7.55. The summed E-state index contributed by atoms with van der Waals surface area (Å²) >= 11 is 0. The molecule has 0 rings (SSSR count). The second-order valence-electron chi connectivity index (χ2n) is 3.19. The zero-order valence-corrected chi connectivity index (χ0v) is 12.4. The first-order chi connectivity index (χ1) is 7.45. The Labute approximate surface area is 98.1 Å². The molecule has 0 N–H and O–H groups in total. The smallest absolute Gasteiger partial charge is 0.377 e. The van der Waals surface area contributed by atoms with E-state index < -0.39 is 16.4 Å². The van der Waals surface area contributed by atoms with E-state index >= 15 is 0 Å². The van der Waals surface area contributed by atoms with Crippen LogP contribution in [0.25, 0.3) is 0 Å². The highest BCUT2D eigenvalue weighted by atomic mass is 31.2. The molecule has 0 aliphatic carbocycles. The quantitative estimate of drug-likeness (QED) is 0.362. The molecule has 0 saturated carbocycles. The van der Waals surface area contributed by atoms with Crippen molar-refractivity contribution in [2.45, 2.75) is 12.5 Å². The summed E-state index contributed by atoms with van der Waals surface area (Å²) in [5.41, 5.74) is 0. The van der Waals surface area contributed by atoms with Gasteiger partial charge in [0, 0.05) is 41.1 Å². The van der Waals surface area contributed by atoms with Crippen LogP contribution < -0.4 is 0 Å². The lowest BCUT2D eigenvalue weighted by Crippen LogP contribution is -2.42. The van der Waals surface area contributed by atoms with Gasteiger partial charge in [0.1, 0.15) is 0 Å². The van der Waals surface area contributed by atoms with Crippen LogP contribution >= 0.6 is 7.60 Å². The monoisotopic (exact) mass is 272 g/mol. The fourth-order valence-electron chi connectivity index (χ4n) is 1.13. The van der Waals surface area contributed by atoms with Crippen LogP contribution in [-0.4, -0.2) is 50.5 Å².